The minimum atomic E-state index is -4.03. The predicted molar refractivity (Wildman–Crippen MR) is 108 cm³/mol. The monoisotopic (exact) mass is 411 g/mol. The van der Waals surface area contributed by atoms with Crippen LogP contribution in [0.4, 0.5) is 5.69 Å². The third-order valence-corrected chi connectivity index (χ3v) is 5.35. The van der Waals surface area contributed by atoms with Crippen LogP contribution in [-0.2, 0) is 10.0 Å². The number of hydrogen-bond acceptors (Lipinski definition) is 6. The maximum Gasteiger partial charge on any atom is 0.262 e. The molecule has 29 heavy (non-hydrogen) atoms. The van der Waals surface area contributed by atoms with Gasteiger partial charge in [-0.3, -0.25) is 9.52 Å². The highest BCUT2D eigenvalue weighted by atomic mass is 32.2. The van der Waals surface area contributed by atoms with Crippen molar-refractivity contribution in [3.63, 3.8) is 0 Å². The van der Waals surface area contributed by atoms with Crippen molar-refractivity contribution in [3.05, 3.63) is 83.9 Å². The Morgan fingerprint density at radius 3 is 2.34 bits per heavy atom. The van der Waals surface area contributed by atoms with Crippen molar-refractivity contribution in [3.8, 4) is 17.2 Å². The molecule has 0 aliphatic carbocycles. The molecule has 0 unspecified atom stereocenters. The number of hydrogen-bond donors (Lipinski definition) is 4. The molecule has 0 saturated heterocycles. The summed E-state index contributed by atoms with van der Waals surface area (Å²) < 4.78 is 27.5. The van der Waals surface area contributed by atoms with E-state index in [2.05, 4.69) is 4.72 Å². The first-order valence-corrected chi connectivity index (χ1v) is 9.90. The number of nitrogens with one attached hydrogen (secondary N) is 1. The number of phenols is 3. The summed E-state index contributed by atoms with van der Waals surface area (Å²) in [6.07, 6.45) is 2.48. The predicted octanol–water partition coefficient (Wildman–Crippen LogP) is 3.50. The van der Waals surface area contributed by atoms with E-state index in [9.17, 15) is 28.5 Å². The highest BCUT2D eigenvalue weighted by molar-refractivity contribution is 7.92. The zero-order valence-electron chi connectivity index (χ0n) is 15.0. The van der Waals surface area contributed by atoms with Crippen LogP contribution >= 0.6 is 0 Å². The molecule has 0 fully saturated rings. The van der Waals surface area contributed by atoms with Gasteiger partial charge in [0.25, 0.3) is 10.0 Å². The SMILES string of the molecule is O=C(C=Cc1cc(O)ccc1O)c1ccccc1NS(=O)(=O)c1cccc(O)c1. The van der Waals surface area contributed by atoms with E-state index < -0.39 is 15.8 Å². The minimum Gasteiger partial charge on any atom is -0.508 e. The Balaban J connectivity index is 1.90. The first-order chi connectivity index (χ1) is 13.8. The summed E-state index contributed by atoms with van der Waals surface area (Å²) in [6, 6.07) is 15.1. The summed E-state index contributed by atoms with van der Waals surface area (Å²) in [5.74, 6) is -0.910. The number of phenolic OH excluding ortho intramolecular Hbond substituents is 3. The van der Waals surface area contributed by atoms with Crippen LogP contribution in [0.1, 0.15) is 15.9 Å². The first kappa shape index (κ1) is 20.0. The molecule has 3 rings (SSSR count). The molecule has 0 bridgehead atoms. The van der Waals surface area contributed by atoms with Gasteiger partial charge in [0, 0.05) is 17.2 Å². The minimum absolute atomic E-state index is 0.0608. The van der Waals surface area contributed by atoms with Gasteiger partial charge in [-0.05, 0) is 54.6 Å². The Morgan fingerprint density at radius 1 is 0.862 bits per heavy atom. The molecule has 3 aromatic carbocycles. The topological polar surface area (TPSA) is 124 Å². The fourth-order valence-electron chi connectivity index (χ4n) is 2.57. The second kappa shape index (κ2) is 8.07. The van der Waals surface area contributed by atoms with E-state index in [1.807, 2.05) is 0 Å². The number of sulfonamides is 1. The van der Waals surface area contributed by atoms with Gasteiger partial charge in [0.2, 0.25) is 0 Å². The Hall–Kier alpha value is -3.78. The Labute approximate surface area is 167 Å². The summed E-state index contributed by atoms with van der Waals surface area (Å²) in [6.45, 7) is 0. The number of allylic oxidation sites excluding steroid dienone is 1. The lowest BCUT2D eigenvalue weighted by Gasteiger charge is -2.11. The lowest BCUT2D eigenvalue weighted by molar-refractivity contribution is 0.104. The van der Waals surface area contributed by atoms with E-state index in [0.717, 1.165) is 12.1 Å². The Morgan fingerprint density at radius 2 is 1.59 bits per heavy atom. The van der Waals surface area contributed by atoms with Crippen LogP contribution in [0, 0.1) is 0 Å². The summed E-state index contributed by atoms with van der Waals surface area (Å²) in [5.41, 5.74) is 0.383. The van der Waals surface area contributed by atoms with Crippen LogP contribution in [0.3, 0.4) is 0 Å². The third kappa shape index (κ3) is 4.74. The van der Waals surface area contributed by atoms with Gasteiger partial charge in [-0.2, -0.15) is 0 Å². The van der Waals surface area contributed by atoms with E-state index in [1.165, 1.54) is 54.6 Å². The second-order valence-corrected chi connectivity index (χ2v) is 7.77. The van der Waals surface area contributed by atoms with Crippen LogP contribution in [-0.4, -0.2) is 29.5 Å². The largest absolute Gasteiger partial charge is 0.508 e. The van der Waals surface area contributed by atoms with Gasteiger partial charge in [0.1, 0.15) is 17.2 Å². The standard InChI is InChI=1S/C21H17NO6S/c23-15-4-3-5-17(13-15)29(27,28)22-19-7-2-1-6-18(19)21(26)10-8-14-12-16(24)9-11-20(14)25/h1-13,22-25H. The molecule has 8 heteroatoms. The van der Waals surface area contributed by atoms with E-state index in [1.54, 1.807) is 12.1 Å². The molecule has 0 aromatic heterocycles. The molecule has 7 nitrogen and oxygen atoms in total. The van der Waals surface area contributed by atoms with Crippen LogP contribution in [0.2, 0.25) is 0 Å². The van der Waals surface area contributed by atoms with Crippen LogP contribution in [0.15, 0.2) is 77.7 Å². The summed E-state index contributed by atoms with van der Waals surface area (Å²) in [5, 5.41) is 28.8. The molecule has 0 atom stereocenters. The van der Waals surface area contributed by atoms with Crippen LogP contribution < -0.4 is 4.72 Å². The molecule has 0 radical (unpaired) electrons. The fourth-order valence-corrected chi connectivity index (χ4v) is 3.69. The van der Waals surface area contributed by atoms with Crippen molar-refractivity contribution in [2.24, 2.45) is 0 Å². The molecule has 4 N–H and O–H groups in total. The average molecular weight is 411 g/mol. The Kier molecular flexibility index (Phi) is 5.56. The van der Waals surface area contributed by atoms with Crippen molar-refractivity contribution >= 4 is 27.6 Å². The normalized spacial score (nSPS) is 11.4. The van der Waals surface area contributed by atoms with Gasteiger partial charge in [0.05, 0.1) is 10.6 Å². The smallest absolute Gasteiger partial charge is 0.262 e. The van der Waals surface area contributed by atoms with E-state index in [4.69, 9.17) is 0 Å². The molecule has 0 amide bonds. The maximum atomic E-state index is 12.6. The van der Waals surface area contributed by atoms with Gasteiger partial charge >= 0.3 is 0 Å². The molecule has 148 valence electrons. The van der Waals surface area contributed by atoms with Crippen molar-refractivity contribution in [2.45, 2.75) is 4.90 Å². The third-order valence-electron chi connectivity index (χ3n) is 3.99. The van der Waals surface area contributed by atoms with Gasteiger partial charge in [-0.1, -0.05) is 18.2 Å². The number of para-hydroxylation sites is 1. The van der Waals surface area contributed by atoms with Gasteiger partial charge in [0.15, 0.2) is 5.78 Å². The number of carbonyl (C=O) groups is 1. The van der Waals surface area contributed by atoms with Crippen molar-refractivity contribution in [1.29, 1.82) is 0 Å². The van der Waals surface area contributed by atoms with Gasteiger partial charge in [-0.15, -0.1) is 0 Å². The molecule has 3 aromatic rings. The van der Waals surface area contributed by atoms with Crippen molar-refractivity contribution in [1.82, 2.24) is 0 Å². The van der Waals surface area contributed by atoms with Crippen molar-refractivity contribution < 1.29 is 28.5 Å². The first-order valence-electron chi connectivity index (χ1n) is 8.41. The second-order valence-electron chi connectivity index (χ2n) is 6.09. The number of ketones is 1. The number of rotatable bonds is 6. The number of benzene rings is 3. The molecule has 0 aliphatic rings. The number of anilines is 1. The zero-order chi connectivity index (χ0) is 21.0. The quantitative estimate of drug-likeness (QED) is 0.280. The van der Waals surface area contributed by atoms with Gasteiger partial charge in [-0.25, -0.2) is 8.42 Å². The molecule has 0 aliphatic heterocycles. The summed E-state index contributed by atoms with van der Waals surface area (Å²) in [7, 11) is -4.03. The van der Waals surface area contributed by atoms with Gasteiger partial charge < -0.3 is 15.3 Å². The van der Waals surface area contributed by atoms with E-state index >= 15 is 0 Å². The van der Waals surface area contributed by atoms with Crippen molar-refractivity contribution in [2.75, 3.05) is 4.72 Å². The molecular weight excluding hydrogens is 394 g/mol. The lowest BCUT2D eigenvalue weighted by atomic mass is 10.1. The van der Waals surface area contributed by atoms with E-state index in [-0.39, 0.29) is 39.0 Å². The number of carbonyl (C=O) groups excluding carboxylic acids is 1. The maximum absolute atomic E-state index is 12.6. The molecular formula is C21H17NO6S. The molecule has 0 saturated carbocycles. The Bertz CT molecular complexity index is 1200. The molecule has 0 spiro atoms. The van der Waals surface area contributed by atoms with Crippen LogP contribution in [0.5, 0.6) is 17.2 Å². The zero-order valence-corrected chi connectivity index (χ0v) is 15.8. The fraction of sp³-hybridized carbons (Fsp3) is 0. The summed E-state index contributed by atoms with van der Waals surface area (Å²) >= 11 is 0. The highest BCUT2D eigenvalue weighted by Gasteiger charge is 2.18. The average Bonchev–Trinajstić information content (AvgIpc) is 2.68. The lowest BCUT2D eigenvalue weighted by Crippen LogP contribution is -2.15. The molecule has 0 heterocycles. The summed E-state index contributed by atoms with van der Waals surface area (Å²) in [4.78, 5) is 12.5. The highest BCUT2D eigenvalue weighted by Crippen LogP contribution is 2.25. The van der Waals surface area contributed by atoms with E-state index in [0.29, 0.717) is 0 Å². The van der Waals surface area contributed by atoms with Crippen LogP contribution in [0.25, 0.3) is 6.08 Å². The number of aromatic hydroxyl groups is 3.